The Bertz CT molecular complexity index is 563. The third-order valence-corrected chi connectivity index (χ3v) is 4.41. The van der Waals surface area contributed by atoms with Gasteiger partial charge in [0.2, 0.25) is 0 Å². The Labute approximate surface area is 125 Å². The average Bonchev–Trinajstić information content (AvgIpc) is 2.30. The second kappa shape index (κ2) is 5.52. The van der Waals surface area contributed by atoms with Gasteiger partial charge in [-0.2, -0.15) is 0 Å². The van der Waals surface area contributed by atoms with Crippen molar-refractivity contribution >= 4 is 66.6 Å². The monoisotopic (exact) mass is 395 g/mol. The third-order valence-electron chi connectivity index (χ3n) is 1.93. The van der Waals surface area contributed by atoms with E-state index in [1.807, 2.05) is 12.1 Å². The van der Waals surface area contributed by atoms with Gasteiger partial charge in [-0.05, 0) is 50.1 Å². The second-order valence-corrected chi connectivity index (χ2v) is 5.49. The molecule has 0 unspecified atom stereocenters. The van der Waals surface area contributed by atoms with Crippen LogP contribution < -0.4 is 5.32 Å². The van der Waals surface area contributed by atoms with Gasteiger partial charge in [0.25, 0.3) is 0 Å². The van der Waals surface area contributed by atoms with Gasteiger partial charge in [-0.25, -0.2) is 9.97 Å². The van der Waals surface area contributed by atoms with Crippen molar-refractivity contribution in [3.8, 4) is 0 Å². The smallest absolute Gasteiger partial charge is 0.149 e. The summed E-state index contributed by atoms with van der Waals surface area (Å²) in [6.07, 6.45) is 1.39. The van der Waals surface area contributed by atoms with E-state index in [4.69, 9.17) is 23.2 Å². The summed E-state index contributed by atoms with van der Waals surface area (Å²) in [5.74, 6) is 0.597. The molecule has 0 atom stereocenters. The van der Waals surface area contributed by atoms with E-state index in [2.05, 4.69) is 47.1 Å². The van der Waals surface area contributed by atoms with E-state index in [9.17, 15) is 0 Å². The van der Waals surface area contributed by atoms with Crippen molar-refractivity contribution < 1.29 is 0 Å². The van der Waals surface area contributed by atoms with Crippen LogP contribution in [0, 0.1) is 0 Å². The molecule has 0 spiro atoms. The van der Waals surface area contributed by atoms with E-state index in [1.54, 1.807) is 6.07 Å². The average molecular weight is 398 g/mol. The van der Waals surface area contributed by atoms with E-state index < -0.39 is 0 Å². The summed E-state index contributed by atoms with van der Waals surface area (Å²) in [6, 6.07) is 5.48. The number of aromatic nitrogens is 2. The van der Waals surface area contributed by atoms with Crippen molar-refractivity contribution in [1.29, 1.82) is 0 Å². The molecule has 0 fully saturated rings. The molecule has 0 bridgehead atoms. The molecule has 1 heterocycles. The quantitative estimate of drug-likeness (QED) is 0.720. The molecule has 1 aromatic carbocycles. The Morgan fingerprint density at radius 2 is 1.88 bits per heavy atom. The Morgan fingerprint density at radius 3 is 2.59 bits per heavy atom. The molecule has 3 nitrogen and oxygen atoms in total. The molecular formula is C10H5Br2Cl2N3. The summed E-state index contributed by atoms with van der Waals surface area (Å²) >= 11 is 18.4. The number of halogens is 4. The summed E-state index contributed by atoms with van der Waals surface area (Å²) in [5.41, 5.74) is 0.844. The first-order chi connectivity index (χ1) is 8.08. The lowest BCUT2D eigenvalue weighted by atomic mass is 10.3. The van der Waals surface area contributed by atoms with Crippen LogP contribution in [0.4, 0.5) is 11.5 Å². The molecule has 0 aliphatic rings. The molecule has 0 saturated heterocycles. The van der Waals surface area contributed by atoms with Crippen LogP contribution in [0.3, 0.4) is 0 Å². The van der Waals surface area contributed by atoms with Crippen LogP contribution in [-0.4, -0.2) is 9.97 Å². The molecular weight excluding hydrogens is 393 g/mol. The lowest BCUT2D eigenvalue weighted by Crippen LogP contribution is -1.96. The van der Waals surface area contributed by atoms with Crippen molar-refractivity contribution in [3.63, 3.8) is 0 Å². The number of benzene rings is 1. The van der Waals surface area contributed by atoms with E-state index in [1.165, 1.54) is 6.33 Å². The highest BCUT2D eigenvalue weighted by Crippen LogP contribution is 2.31. The summed E-state index contributed by atoms with van der Waals surface area (Å²) in [5, 5.41) is 4.12. The Balaban J connectivity index is 2.31. The van der Waals surface area contributed by atoms with Crippen molar-refractivity contribution in [2.45, 2.75) is 0 Å². The number of hydrogen-bond donors (Lipinski definition) is 1. The fourth-order valence-corrected chi connectivity index (χ4v) is 2.08. The Kier molecular flexibility index (Phi) is 4.25. The molecule has 17 heavy (non-hydrogen) atoms. The molecule has 88 valence electrons. The normalized spacial score (nSPS) is 10.4. The van der Waals surface area contributed by atoms with E-state index >= 15 is 0 Å². The number of nitrogens with one attached hydrogen (secondary N) is 1. The van der Waals surface area contributed by atoms with Crippen molar-refractivity contribution in [2.24, 2.45) is 0 Å². The molecule has 1 aromatic heterocycles. The van der Waals surface area contributed by atoms with Gasteiger partial charge in [0.15, 0.2) is 0 Å². The van der Waals surface area contributed by atoms with Crippen molar-refractivity contribution in [2.75, 3.05) is 5.32 Å². The topological polar surface area (TPSA) is 37.8 Å². The first-order valence-electron chi connectivity index (χ1n) is 4.46. The van der Waals surface area contributed by atoms with E-state index in [0.29, 0.717) is 20.5 Å². The van der Waals surface area contributed by atoms with E-state index in [0.717, 1.165) is 10.2 Å². The molecule has 1 N–H and O–H groups in total. The van der Waals surface area contributed by atoms with Crippen LogP contribution in [-0.2, 0) is 0 Å². The predicted molar refractivity (Wildman–Crippen MR) is 77.2 cm³/mol. The number of rotatable bonds is 2. The Morgan fingerprint density at radius 1 is 1.12 bits per heavy atom. The highest BCUT2D eigenvalue weighted by Gasteiger charge is 2.07. The number of hydrogen-bond acceptors (Lipinski definition) is 3. The van der Waals surface area contributed by atoms with Crippen LogP contribution in [0.5, 0.6) is 0 Å². The summed E-state index contributed by atoms with van der Waals surface area (Å²) in [6.45, 7) is 0. The Hall–Kier alpha value is -0.360. The maximum atomic E-state index is 5.91. The number of nitrogens with zero attached hydrogens (tertiary/aromatic N) is 2. The van der Waals surface area contributed by atoms with E-state index in [-0.39, 0.29) is 0 Å². The molecule has 0 radical (unpaired) electrons. The minimum Gasteiger partial charge on any atom is -0.339 e. The molecule has 2 rings (SSSR count). The predicted octanol–water partition coefficient (Wildman–Crippen LogP) is 5.05. The highest BCUT2D eigenvalue weighted by atomic mass is 79.9. The van der Waals surface area contributed by atoms with Gasteiger partial charge in [-0.1, -0.05) is 23.2 Å². The van der Waals surface area contributed by atoms with Crippen LogP contribution >= 0.6 is 55.1 Å². The lowest BCUT2D eigenvalue weighted by molar-refractivity contribution is 1.15. The van der Waals surface area contributed by atoms with Crippen molar-refractivity contribution in [3.05, 3.63) is 43.6 Å². The van der Waals surface area contributed by atoms with Gasteiger partial charge in [-0.3, -0.25) is 0 Å². The van der Waals surface area contributed by atoms with Gasteiger partial charge in [-0.15, -0.1) is 0 Å². The number of anilines is 2. The van der Waals surface area contributed by atoms with Gasteiger partial charge >= 0.3 is 0 Å². The molecule has 2 aromatic rings. The van der Waals surface area contributed by atoms with Gasteiger partial charge < -0.3 is 5.32 Å². The summed E-state index contributed by atoms with van der Waals surface area (Å²) < 4.78 is 1.42. The van der Waals surface area contributed by atoms with Crippen LogP contribution in [0.2, 0.25) is 10.2 Å². The first kappa shape index (κ1) is 13.1. The summed E-state index contributed by atoms with van der Waals surface area (Å²) in [4.78, 5) is 7.93. The van der Waals surface area contributed by atoms with Crippen LogP contribution in [0.25, 0.3) is 0 Å². The standard InChI is InChI=1S/C10H5Br2Cl2N3/c11-6-3-5(1-2-7(6)13)17-10-8(12)9(14)15-4-16-10/h1-4H,(H,15,16,17). The SMILES string of the molecule is Clc1ccc(Nc2ncnc(Cl)c2Br)cc1Br. The fourth-order valence-electron chi connectivity index (χ4n) is 1.15. The zero-order valence-corrected chi connectivity index (χ0v) is 12.9. The maximum absolute atomic E-state index is 5.91. The lowest BCUT2D eigenvalue weighted by Gasteiger charge is -2.08. The van der Waals surface area contributed by atoms with Gasteiger partial charge in [0.05, 0.1) is 9.50 Å². The zero-order chi connectivity index (χ0) is 12.4. The molecule has 0 amide bonds. The second-order valence-electron chi connectivity index (χ2n) is 3.08. The minimum atomic E-state index is 0.357. The molecule has 0 aliphatic carbocycles. The maximum Gasteiger partial charge on any atom is 0.149 e. The highest BCUT2D eigenvalue weighted by molar-refractivity contribution is 9.11. The summed E-state index contributed by atoms with van der Waals surface area (Å²) in [7, 11) is 0. The van der Waals surface area contributed by atoms with Crippen molar-refractivity contribution in [1.82, 2.24) is 9.97 Å². The molecule has 7 heteroatoms. The third kappa shape index (κ3) is 3.10. The van der Waals surface area contributed by atoms with Crippen LogP contribution in [0.1, 0.15) is 0 Å². The fraction of sp³-hybridized carbons (Fsp3) is 0. The largest absolute Gasteiger partial charge is 0.339 e. The minimum absolute atomic E-state index is 0.357. The van der Waals surface area contributed by atoms with Gasteiger partial charge in [0, 0.05) is 10.2 Å². The molecule has 0 saturated carbocycles. The molecule has 0 aliphatic heterocycles. The zero-order valence-electron chi connectivity index (χ0n) is 8.22. The van der Waals surface area contributed by atoms with Gasteiger partial charge in [0.1, 0.15) is 17.3 Å². The first-order valence-corrected chi connectivity index (χ1v) is 6.80. The van der Waals surface area contributed by atoms with Crippen LogP contribution in [0.15, 0.2) is 33.5 Å².